The SMILES string of the molecule is Cc1ccc(-n2c(C)nnc2SCC(=O)Nc2cccc(Cl)c2C)cc1C. The summed E-state index contributed by atoms with van der Waals surface area (Å²) in [5.74, 6) is 0.902. The maximum atomic E-state index is 12.4. The molecule has 2 aromatic carbocycles. The number of carbonyl (C=O) groups excluding carboxylic acids is 1. The van der Waals surface area contributed by atoms with Crippen molar-refractivity contribution in [2.24, 2.45) is 0 Å². The number of carbonyl (C=O) groups is 1. The molecule has 0 unspecified atom stereocenters. The molecule has 1 heterocycles. The van der Waals surface area contributed by atoms with Gasteiger partial charge < -0.3 is 5.32 Å². The van der Waals surface area contributed by atoms with Crippen LogP contribution in [-0.2, 0) is 4.79 Å². The van der Waals surface area contributed by atoms with Gasteiger partial charge in [0.25, 0.3) is 0 Å². The topological polar surface area (TPSA) is 59.8 Å². The van der Waals surface area contributed by atoms with Crippen LogP contribution >= 0.6 is 23.4 Å². The molecular formula is C20H21ClN4OS. The Morgan fingerprint density at radius 2 is 1.89 bits per heavy atom. The van der Waals surface area contributed by atoms with E-state index in [1.165, 1.54) is 22.9 Å². The van der Waals surface area contributed by atoms with Crippen LogP contribution in [0.15, 0.2) is 41.6 Å². The van der Waals surface area contributed by atoms with Crippen LogP contribution in [0.2, 0.25) is 5.02 Å². The van der Waals surface area contributed by atoms with E-state index >= 15 is 0 Å². The first kappa shape index (κ1) is 19.5. The van der Waals surface area contributed by atoms with Gasteiger partial charge in [-0.2, -0.15) is 0 Å². The highest BCUT2D eigenvalue weighted by Crippen LogP contribution is 2.25. The molecule has 0 aliphatic rings. The highest BCUT2D eigenvalue weighted by molar-refractivity contribution is 7.99. The van der Waals surface area contributed by atoms with Crippen molar-refractivity contribution >= 4 is 35.0 Å². The van der Waals surface area contributed by atoms with E-state index in [9.17, 15) is 4.79 Å². The smallest absolute Gasteiger partial charge is 0.234 e. The molecule has 140 valence electrons. The molecule has 1 aromatic heterocycles. The minimum Gasteiger partial charge on any atom is -0.325 e. The van der Waals surface area contributed by atoms with Gasteiger partial charge in [-0.15, -0.1) is 10.2 Å². The predicted octanol–water partition coefficient (Wildman–Crippen LogP) is 4.89. The number of nitrogens with zero attached hydrogens (tertiary/aromatic N) is 3. The Balaban J connectivity index is 1.74. The number of halogens is 1. The molecule has 0 aliphatic heterocycles. The molecule has 0 fully saturated rings. The second kappa shape index (κ2) is 8.15. The Morgan fingerprint density at radius 1 is 1.11 bits per heavy atom. The summed E-state index contributed by atoms with van der Waals surface area (Å²) in [5, 5.41) is 12.6. The number of hydrogen-bond acceptors (Lipinski definition) is 4. The second-order valence-electron chi connectivity index (χ2n) is 6.38. The summed E-state index contributed by atoms with van der Waals surface area (Å²) in [5.41, 5.74) is 5.00. The zero-order valence-electron chi connectivity index (χ0n) is 15.7. The van der Waals surface area contributed by atoms with E-state index in [0.29, 0.717) is 10.2 Å². The van der Waals surface area contributed by atoms with Crippen LogP contribution in [0.5, 0.6) is 0 Å². The average molecular weight is 401 g/mol. The Bertz CT molecular complexity index is 1000. The van der Waals surface area contributed by atoms with Gasteiger partial charge in [-0.25, -0.2) is 0 Å². The second-order valence-corrected chi connectivity index (χ2v) is 7.73. The number of hydrogen-bond donors (Lipinski definition) is 1. The van der Waals surface area contributed by atoms with Crippen LogP contribution in [0.25, 0.3) is 5.69 Å². The third kappa shape index (κ3) is 4.34. The van der Waals surface area contributed by atoms with Crippen molar-refractivity contribution in [2.45, 2.75) is 32.9 Å². The largest absolute Gasteiger partial charge is 0.325 e. The summed E-state index contributed by atoms with van der Waals surface area (Å²) in [7, 11) is 0. The molecule has 27 heavy (non-hydrogen) atoms. The first-order valence-corrected chi connectivity index (χ1v) is 9.90. The molecule has 0 atom stereocenters. The third-order valence-corrected chi connectivity index (χ3v) is 5.76. The summed E-state index contributed by atoms with van der Waals surface area (Å²) in [6, 6.07) is 11.7. The minimum absolute atomic E-state index is 0.113. The van der Waals surface area contributed by atoms with Crippen LogP contribution in [0.3, 0.4) is 0 Å². The Labute approximate surface area is 168 Å². The summed E-state index contributed by atoms with van der Waals surface area (Å²) in [4.78, 5) is 12.4. The normalized spacial score (nSPS) is 10.9. The molecule has 3 rings (SSSR count). The fraction of sp³-hybridized carbons (Fsp3) is 0.250. The number of thioether (sulfide) groups is 1. The van der Waals surface area contributed by atoms with Crippen molar-refractivity contribution in [3.63, 3.8) is 0 Å². The quantitative estimate of drug-likeness (QED) is 0.619. The first-order valence-electron chi connectivity index (χ1n) is 8.54. The monoisotopic (exact) mass is 400 g/mol. The Hall–Kier alpha value is -2.31. The third-order valence-electron chi connectivity index (χ3n) is 4.42. The van der Waals surface area contributed by atoms with Gasteiger partial charge in [0.1, 0.15) is 5.82 Å². The van der Waals surface area contributed by atoms with Crippen LogP contribution < -0.4 is 5.32 Å². The van der Waals surface area contributed by atoms with Gasteiger partial charge in [-0.1, -0.05) is 35.5 Å². The van der Waals surface area contributed by atoms with E-state index in [4.69, 9.17) is 11.6 Å². The number of anilines is 1. The van der Waals surface area contributed by atoms with Crippen LogP contribution in [0.4, 0.5) is 5.69 Å². The molecular weight excluding hydrogens is 380 g/mol. The lowest BCUT2D eigenvalue weighted by molar-refractivity contribution is -0.113. The maximum Gasteiger partial charge on any atom is 0.234 e. The van der Waals surface area contributed by atoms with Gasteiger partial charge in [0, 0.05) is 16.4 Å². The van der Waals surface area contributed by atoms with E-state index in [2.05, 4.69) is 41.5 Å². The molecule has 1 N–H and O–H groups in total. The van der Waals surface area contributed by atoms with Crippen LogP contribution in [0, 0.1) is 27.7 Å². The molecule has 7 heteroatoms. The molecule has 1 amide bonds. The van der Waals surface area contributed by atoms with E-state index in [0.717, 1.165) is 22.8 Å². The fourth-order valence-corrected chi connectivity index (χ4v) is 3.63. The summed E-state index contributed by atoms with van der Waals surface area (Å²) >= 11 is 7.46. The molecule has 3 aromatic rings. The first-order chi connectivity index (χ1) is 12.9. The zero-order valence-corrected chi connectivity index (χ0v) is 17.3. The van der Waals surface area contributed by atoms with Crippen LogP contribution in [0.1, 0.15) is 22.5 Å². The number of amides is 1. The van der Waals surface area contributed by atoms with Gasteiger partial charge in [0.05, 0.1) is 5.75 Å². The van der Waals surface area contributed by atoms with Crippen LogP contribution in [-0.4, -0.2) is 26.4 Å². The van der Waals surface area contributed by atoms with Crippen molar-refractivity contribution in [3.8, 4) is 5.69 Å². The van der Waals surface area contributed by atoms with Gasteiger partial charge in [0.2, 0.25) is 5.91 Å². The summed E-state index contributed by atoms with van der Waals surface area (Å²) in [6.45, 7) is 7.94. The van der Waals surface area contributed by atoms with E-state index in [-0.39, 0.29) is 11.7 Å². The number of benzene rings is 2. The molecule has 0 saturated heterocycles. The van der Waals surface area contributed by atoms with E-state index in [1.54, 1.807) is 6.07 Å². The Kier molecular flexibility index (Phi) is 5.87. The summed E-state index contributed by atoms with van der Waals surface area (Å²) < 4.78 is 1.97. The standard InChI is InChI=1S/C20H21ClN4OS/c1-12-8-9-16(10-13(12)2)25-15(4)23-24-20(25)27-11-19(26)22-18-7-5-6-17(21)14(18)3/h5-10H,11H2,1-4H3,(H,22,26). The lowest BCUT2D eigenvalue weighted by Gasteiger charge is -2.11. The predicted molar refractivity (Wildman–Crippen MR) is 111 cm³/mol. The van der Waals surface area contributed by atoms with Gasteiger partial charge in [0.15, 0.2) is 5.16 Å². The van der Waals surface area contributed by atoms with E-state index in [1.807, 2.05) is 36.6 Å². The van der Waals surface area contributed by atoms with Crippen molar-refractivity contribution in [2.75, 3.05) is 11.1 Å². The van der Waals surface area contributed by atoms with Crippen molar-refractivity contribution < 1.29 is 4.79 Å². The molecule has 0 spiro atoms. The van der Waals surface area contributed by atoms with Crippen molar-refractivity contribution in [3.05, 3.63) is 63.9 Å². The average Bonchev–Trinajstić information content (AvgIpc) is 3.00. The molecule has 0 bridgehead atoms. The lowest BCUT2D eigenvalue weighted by atomic mass is 10.1. The fourth-order valence-electron chi connectivity index (χ4n) is 2.66. The number of aromatic nitrogens is 3. The number of aryl methyl sites for hydroxylation is 3. The molecule has 0 aliphatic carbocycles. The number of rotatable bonds is 5. The highest BCUT2D eigenvalue weighted by Gasteiger charge is 2.14. The van der Waals surface area contributed by atoms with Gasteiger partial charge in [-0.3, -0.25) is 9.36 Å². The molecule has 5 nitrogen and oxygen atoms in total. The Morgan fingerprint density at radius 3 is 2.63 bits per heavy atom. The number of nitrogens with one attached hydrogen (secondary N) is 1. The maximum absolute atomic E-state index is 12.4. The van der Waals surface area contributed by atoms with E-state index < -0.39 is 0 Å². The van der Waals surface area contributed by atoms with Gasteiger partial charge in [-0.05, 0) is 68.7 Å². The van der Waals surface area contributed by atoms with Crippen molar-refractivity contribution in [1.82, 2.24) is 14.8 Å². The summed E-state index contributed by atoms with van der Waals surface area (Å²) in [6.07, 6.45) is 0. The lowest BCUT2D eigenvalue weighted by Crippen LogP contribution is -2.15. The molecule has 0 radical (unpaired) electrons. The van der Waals surface area contributed by atoms with Gasteiger partial charge >= 0.3 is 0 Å². The molecule has 0 saturated carbocycles. The zero-order chi connectivity index (χ0) is 19.6. The van der Waals surface area contributed by atoms with Crippen molar-refractivity contribution in [1.29, 1.82) is 0 Å². The highest BCUT2D eigenvalue weighted by atomic mass is 35.5. The minimum atomic E-state index is -0.113.